The maximum Gasteiger partial charge on any atom is 0.230 e. The van der Waals surface area contributed by atoms with Gasteiger partial charge in [-0.1, -0.05) is 26.7 Å². The summed E-state index contributed by atoms with van der Waals surface area (Å²) in [6, 6.07) is 0.0811. The summed E-state index contributed by atoms with van der Waals surface area (Å²) in [5.41, 5.74) is 8.81. The van der Waals surface area contributed by atoms with Crippen LogP contribution in [0.5, 0.6) is 0 Å². The van der Waals surface area contributed by atoms with Crippen molar-refractivity contribution in [2.24, 2.45) is 11.5 Å². The Kier molecular flexibility index (Phi) is 19.5. The molecule has 3 rings (SSSR count). The molecule has 2 aliphatic rings. The van der Waals surface area contributed by atoms with Gasteiger partial charge in [0.25, 0.3) is 0 Å². The van der Waals surface area contributed by atoms with Gasteiger partial charge in [-0.15, -0.1) is 0 Å². The van der Waals surface area contributed by atoms with Gasteiger partial charge in [0.15, 0.2) is 5.82 Å². The molecule has 2 aliphatic heterocycles. The highest BCUT2D eigenvalue weighted by molar-refractivity contribution is 5.43. The molecule has 0 radical (unpaired) electrons. The van der Waals surface area contributed by atoms with Crippen LogP contribution in [-0.4, -0.2) is 140 Å². The summed E-state index contributed by atoms with van der Waals surface area (Å²) in [4.78, 5) is 34.1. The van der Waals surface area contributed by atoms with E-state index in [0.717, 1.165) is 96.3 Å². The van der Waals surface area contributed by atoms with E-state index in [-0.39, 0.29) is 53.5 Å². The second-order valence-corrected chi connectivity index (χ2v) is 21.5. The summed E-state index contributed by atoms with van der Waals surface area (Å²) in [6.45, 7) is 35.2. The van der Waals surface area contributed by atoms with Crippen molar-refractivity contribution in [3.63, 3.8) is 0 Å². The van der Waals surface area contributed by atoms with Crippen LogP contribution < -0.4 is 31.9 Å². The first-order valence-corrected chi connectivity index (χ1v) is 23.3. The van der Waals surface area contributed by atoms with E-state index in [0.29, 0.717) is 31.4 Å². The van der Waals surface area contributed by atoms with Crippen LogP contribution in [0.3, 0.4) is 0 Å². The number of piperidine rings is 2. The smallest absolute Gasteiger partial charge is 0.230 e. The fraction of sp³-hybridized carbons (Fsp3) is 0.933. The third-order valence-electron chi connectivity index (χ3n) is 11.8. The zero-order valence-corrected chi connectivity index (χ0v) is 40.7. The first kappa shape index (κ1) is 52.6. The molecule has 0 saturated carbocycles. The molecule has 1 atom stereocenters. The molecule has 60 heavy (non-hydrogen) atoms. The molecule has 0 amide bonds. The Morgan fingerprint density at radius 1 is 0.667 bits per heavy atom. The van der Waals surface area contributed by atoms with Gasteiger partial charge in [0.05, 0.1) is 30.5 Å². The van der Waals surface area contributed by atoms with Crippen molar-refractivity contribution in [3.8, 4) is 0 Å². The lowest BCUT2D eigenvalue weighted by Crippen LogP contribution is -2.65. The molecule has 0 aliphatic carbocycles. The van der Waals surface area contributed by atoms with Gasteiger partial charge < -0.3 is 42.1 Å². The number of unbranched alkanes of at least 4 members (excludes halogenated alkanes) is 2. The third kappa shape index (κ3) is 15.5. The monoisotopic (exact) mass is 850 g/mol. The number of nitrogens with zero attached hydrogens (tertiary/aromatic N) is 7. The Bertz CT molecular complexity index is 1290. The number of aromatic nitrogens is 3. The Hall–Kier alpha value is -1.79. The van der Waals surface area contributed by atoms with Crippen molar-refractivity contribution in [2.75, 3.05) is 68.8 Å². The van der Waals surface area contributed by atoms with Crippen LogP contribution >= 0.6 is 0 Å². The van der Waals surface area contributed by atoms with E-state index >= 15 is 0 Å². The molecule has 1 unspecified atom stereocenters. The zero-order chi connectivity index (χ0) is 45.2. The third-order valence-corrected chi connectivity index (χ3v) is 11.8. The van der Waals surface area contributed by atoms with Gasteiger partial charge in [-0.25, -0.2) is 0 Å². The average Bonchev–Trinajstić information content (AvgIpc) is 3.10. The lowest BCUT2D eigenvalue weighted by atomic mass is 9.78. The lowest BCUT2D eigenvalue weighted by Gasteiger charge is -2.56. The molecule has 15 heteroatoms. The zero-order valence-electron chi connectivity index (χ0n) is 40.7. The molecule has 15 nitrogen and oxygen atoms in total. The fourth-order valence-electron chi connectivity index (χ4n) is 9.51. The van der Waals surface area contributed by atoms with E-state index in [4.69, 9.17) is 36.1 Å². The minimum Gasteiger partial charge on any atom is -0.388 e. The summed E-state index contributed by atoms with van der Waals surface area (Å²) in [5, 5.41) is 32.7. The Morgan fingerprint density at radius 3 is 1.43 bits per heavy atom. The van der Waals surface area contributed by atoms with Crippen LogP contribution in [0.25, 0.3) is 0 Å². The molecule has 2 fully saturated rings. The lowest BCUT2D eigenvalue weighted by molar-refractivity contribution is -0.298. The summed E-state index contributed by atoms with van der Waals surface area (Å²) in [7, 11) is 0. The van der Waals surface area contributed by atoms with Gasteiger partial charge in [0.2, 0.25) is 11.9 Å². The maximum atomic E-state index is 10.6. The molecule has 2 saturated heterocycles. The second kappa shape index (κ2) is 22.2. The highest BCUT2D eigenvalue weighted by Crippen LogP contribution is 2.44. The van der Waals surface area contributed by atoms with Gasteiger partial charge in [-0.05, 0) is 154 Å². The minimum absolute atomic E-state index is 0.123. The second-order valence-electron chi connectivity index (χ2n) is 21.5. The van der Waals surface area contributed by atoms with Crippen molar-refractivity contribution in [3.05, 3.63) is 5.82 Å². The summed E-state index contributed by atoms with van der Waals surface area (Å²) >= 11 is 0. The Labute approximate surface area is 365 Å². The van der Waals surface area contributed by atoms with E-state index in [9.17, 15) is 10.2 Å². The van der Waals surface area contributed by atoms with Crippen LogP contribution in [0.1, 0.15) is 173 Å². The molecular weight excluding hydrogens is 759 g/mol. The quantitative estimate of drug-likeness (QED) is 0.0646. The fourth-order valence-corrected chi connectivity index (χ4v) is 9.51. The molecular formula is C45H91N11O4. The van der Waals surface area contributed by atoms with E-state index in [2.05, 4.69) is 99.8 Å². The first-order chi connectivity index (χ1) is 27.8. The van der Waals surface area contributed by atoms with Gasteiger partial charge >= 0.3 is 0 Å². The number of nitrogens with one attached hydrogen (secondary N) is 2. The highest BCUT2D eigenvalue weighted by atomic mass is 16.7. The van der Waals surface area contributed by atoms with Crippen molar-refractivity contribution in [1.82, 2.24) is 35.7 Å². The summed E-state index contributed by atoms with van der Waals surface area (Å²) < 4.78 is 0. The molecule has 1 aromatic heterocycles. The Balaban J connectivity index is 2.19. The molecule has 0 spiro atoms. The van der Waals surface area contributed by atoms with Crippen LogP contribution in [0.15, 0.2) is 0 Å². The molecule has 1 aromatic rings. The molecule has 350 valence electrons. The standard InChI is InChI=1S/C45H91N11O4/c1-15-17-26-53(34-28-40(3,4)55(41(5,6)29-34)59-32-44(11,12)57)38-50-37(36(20-22-47)49-25-24-48-23-19-21-46)51-39(52-38)54(27-18-16-2)35-30-42(7,8)56(43(9,10)31-35)60-33-45(13,14)58/h34-36,48-49,57-58H,15-33,46-47H2,1-14H3. The number of aliphatic hydroxyl groups is 2. The van der Waals surface area contributed by atoms with Crippen LogP contribution in [0.2, 0.25) is 0 Å². The van der Waals surface area contributed by atoms with Crippen molar-refractivity contribution >= 4 is 11.9 Å². The number of anilines is 2. The largest absolute Gasteiger partial charge is 0.388 e. The normalized spacial score (nSPS) is 20.7. The van der Waals surface area contributed by atoms with Gasteiger partial charge in [0.1, 0.15) is 0 Å². The predicted molar refractivity (Wildman–Crippen MR) is 246 cm³/mol. The van der Waals surface area contributed by atoms with Gasteiger partial charge in [-0.2, -0.15) is 25.1 Å². The Morgan fingerprint density at radius 2 is 1.08 bits per heavy atom. The number of hydroxylamine groups is 4. The van der Waals surface area contributed by atoms with E-state index in [1.54, 1.807) is 27.7 Å². The van der Waals surface area contributed by atoms with Crippen LogP contribution in [0, 0.1) is 0 Å². The van der Waals surface area contributed by atoms with E-state index < -0.39 is 11.2 Å². The van der Waals surface area contributed by atoms with E-state index in [1.165, 1.54) is 0 Å². The highest BCUT2D eigenvalue weighted by Gasteiger charge is 2.51. The topological polar surface area (TPSA) is 187 Å². The molecule has 0 bridgehead atoms. The predicted octanol–water partition coefficient (Wildman–Crippen LogP) is 5.45. The minimum atomic E-state index is -0.948. The van der Waals surface area contributed by atoms with Gasteiger partial charge in [-0.3, -0.25) is 9.68 Å². The summed E-state index contributed by atoms with van der Waals surface area (Å²) in [5.74, 6) is 2.14. The number of hydrogen-bond acceptors (Lipinski definition) is 15. The van der Waals surface area contributed by atoms with Crippen LogP contribution in [0.4, 0.5) is 11.9 Å². The van der Waals surface area contributed by atoms with Crippen molar-refractivity contribution in [2.45, 2.75) is 213 Å². The average molecular weight is 850 g/mol. The summed E-state index contributed by atoms with van der Waals surface area (Å²) in [6.07, 6.45) is 8.99. The number of rotatable bonds is 26. The maximum absolute atomic E-state index is 10.6. The molecule has 3 heterocycles. The van der Waals surface area contributed by atoms with Crippen molar-refractivity contribution in [1.29, 1.82) is 0 Å². The van der Waals surface area contributed by atoms with E-state index in [1.807, 2.05) is 0 Å². The number of nitrogens with two attached hydrogens (primary N) is 2. The van der Waals surface area contributed by atoms with Crippen molar-refractivity contribution < 1.29 is 19.9 Å². The SMILES string of the molecule is CCCCN(c1nc(C(CCN)NCCNCCCN)nc(N(CCCC)C2CC(C)(C)N(OCC(C)(C)O)C(C)(C)C2)n1)C1CC(C)(C)N(OCC(C)(C)O)C(C)(C)C1. The van der Waals surface area contributed by atoms with Gasteiger partial charge in [0, 0.05) is 60.4 Å². The molecule has 8 N–H and O–H groups in total. The first-order valence-electron chi connectivity index (χ1n) is 23.3. The van der Waals surface area contributed by atoms with Crippen LogP contribution in [-0.2, 0) is 9.68 Å². The number of hydrogen-bond donors (Lipinski definition) is 6. The molecule has 0 aromatic carbocycles.